The number of hydrogen-bond acceptors (Lipinski definition) is 4. The predicted octanol–water partition coefficient (Wildman–Crippen LogP) is 3.92. The summed E-state index contributed by atoms with van der Waals surface area (Å²) < 4.78 is 1.90. The summed E-state index contributed by atoms with van der Waals surface area (Å²) in [7, 11) is 0. The van der Waals surface area contributed by atoms with Crippen LogP contribution in [0.3, 0.4) is 0 Å². The summed E-state index contributed by atoms with van der Waals surface area (Å²) in [5.74, 6) is 0.744. The van der Waals surface area contributed by atoms with Crippen LogP contribution in [-0.4, -0.2) is 24.5 Å². The van der Waals surface area contributed by atoms with Crippen LogP contribution in [0, 0.1) is 0 Å². The summed E-state index contributed by atoms with van der Waals surface area (Å²) in [4.78, 5) is 17.5. The molecular weight excluding hydrogens is 321 g/mol. The number of imidazole rings is 1. The van der Waals surface area contributed by atoms with Gasteiger partial charge in [-0.05, 0) is 18.6 Å². The minimum Gasteiger partial charge on any atom is -0.309 e. The number of nitrogens with zero attached hydrogens (tertiary/aromatic N) is 5. The number of hydrogen-bond donors (Lipinski definition) is 0. The lowest BCUT2D eigenvalue weighted by atomic mass is 10.2. The molecule has 22 heavy (non-hydrogen) atoms. The van der Waals surface area contributed by atoms with Crippen molar-refractivity contribution in [3.05, 3.63) is 46.4 Å². The van der Waals surface area contributed by atoms with E-state index in [2.05, 4.69) is 26.9 Å². The highest BCUT2D eigenvalue weighted by Crippen LogP contribution is 2.21. The summed E-state index contributed by atoms with van der Waals surface area (Å²) in [5, 5.41) is 1.01. The number of aryl methyl sites for hydroxylation is 1. The van der Waals surface area contributed by atoms with Crippen molar-refractivity contribution >= 4 is 34.4 Å². The van der Waals surface area contributed by atoms with Gasteiger partial charge in [-0.2, -0.15) is 0 Å². The Morgan fingerprint density at radius 1 is 1.18 bits per heavy atom. The molecule has 0 aliphatic heterocycles. The minimum absolute atomic E-state index is 0.391. The molecule has 0 saturated heterocycles. The van der Waals surface area contributed by atoms with E-state index >= 15 is 0 Å². The lowest BCUT2D eigenvalue weighted by Gasteiger charge is -2.06. The topological polar surface area (TPSA) is 56.5 Å². The van der Waals surface area contributed by atoms with E-state index in [1.165, 1.54) is 0 Å². The summed E-state index contributed by atoms with van der Waals surface area (Å²) in [6.45, 7) is 2.63. The first-order valence-corrected chi connectivity index (χ1v) is 7.91. The second-order valence-electron chi connectivity index (χ2n) is 5.01. The van der Waals surface area contributed by atoms with Crippen molar-refractivity contribution in [2.45, 2.75) is 32.7 Å². The second-order valence-corrected chi connectivity index (χ2v) is 5.78. The molecule has 0 aromatic carbocycles. The van der Waals surface area contributed by atoms with Gasteiger partial charge in [0, 0.05) is 12.6 Å². The third-order valence-corrected chi connectivity index (χ3v) is 3.98. The van der Waals surface area contributed by atoms with Gasteiger partial charge in [0.15, 0.2) is 10.8 Å². The van der Waals surface area contributed by atoms with Gasteiger partial charge in [-0.25, -0.2) is 15.0 Å². The van der Waals surface area contributed by atoms with Gasteiger partial charge in [-0.1, -0.05) is 36.5 Å². The molecule has 0 aliphatic carbocycles. The van der Waals surface area contributed by atoms with Crippen molar-refractivity contribution in [1.29, 1.82) is 0 Å². The van der Waals surface area contributed by atoms with E-state index in [-0.39, 0.29) is 0 Å². The molecule has 0 saturated carbocycles. The molecule has 7 heteroatoms. The number of rotatable bonds is 5. The maximum Gasteiger partial charge on any atom is 0.165 e. The van der Waals surface area contributed by atoms with Crippen molar-refractivity contribution < 1.29 is 0 Å². The Bertz CT molecular complexity index is 800. The molecule has 0 radical (unpaired) electrons. The number of halogens is 2. The highest BCUT2D eigenvalue weighted by Gasteiger charge is 2.13. The summed E-state index contributed by atoms with van der Waals surface area (Å²) in [5.41, 5.74) is 2.09. The fraction of sp³-hybridized carbons (Fsp3) is 0.333. The number of fused-ring (bicyclic) bond motifs is 1. The molecule has 114 valence electrons. The zero-order valence-corrected chi connectivity index (χ0v) is 13.6. The van der Waals surface area contributed by atoms with Crippen LogP contribution in [0.1, 0.15) is 31.3 Å². The third kappa shape index (κ3) is 3.05. The Morgan fingerprint density at radius 2 is 2.05 bits per heavy atom. The first kappa shape index (κ1) is 15.2. The summed E-state index contributed by atoms with van der Waals surface area (Å²) in [6, 6.07) is 3.62. The average Bonchev–Trinajstić information content (AvgIpc) is 2.91. The summed E-state index contributed by atoms with van der Waals surface area (Å²) in [6.07, 6.45) is 6.33. The molecular formula is C15H15Cl2N5. The SMILES string of the molecule is CCCCc1nc(Cl)c2ncn(Cc3ncccc3Cl)c2n1. The third-order valence-electron chi connectivity index (χ3n) is 3.38. The molecule has 3 aromatic rings. The highest BCUT2D eigenvalue weighted by atomic mass is 35.5. The maximum absolute atomic E-state index is 6.22. The van der Waals surface area contributed by atoms with Crippen LogP contribution < -0.4 is 0 Å². The molecule has 3 aromatic heterocycles. The van der Waals surface area contributed by atoms with Crippen molar-refractivity contribution in [2.24, 2.45) is 0 Å². The standard InChI is InChI=1S/C15H15Cl2N5/c1-2-3-6-12-20-14(17)13-15(21-12)22(9-19-13)8-11-10(16)5-4-7-18-11/h4-5,7,9H,2-3,6,8H2,1H3. The van der Waals surface area contributed by atoms with E-state index < -0.39 is 0 Å². The van der Waals surface area contributed by atoms with Crippen LogP contribution in [-0.2, 0) is 13.0 Å². The molecule has 3 rings (SSSR count). The van der Waals surface area contributed by atoms with E-state index in [0.717, 1.165) is 30.8 Å². The van der Waals surface area contributed by atoms with Gasteiger partial charge < -0.3 is 4.57 Å². The number of unbranched alkanes of at least 4 members (excludes halogenated alkanes) is 1. The first-order chi connectivity index (χ1) is 10.7. The van der Waals surface area contributed by atoms with Gasteiger partial charge in [0.1, 0.15) is 11.3 Å². The maximum atomic E-state index is 6.22. The fourth-order valence-corrected chi connectivity index (χ4v) is 2.62. The lowest BCUT2D eigenvalue weighted by Crippen LogP contribution is -2.04. The smallest absolute Gasteiger partial charge is 0.165 e. The van der Waals surface area contributed by atoms with Crippen molar-refractivity contribution in [1.82, 2.24) is 24.5 Å². The largest absolute Gasteiger partial charge is 0.309 e. The Balaban J connectivity index is 1.99. The molecule has 5 nitrogen and oxygen atoms in total. The fourth-order valence-electron chi connectivity index (χ4n) is 2.21. The monoisotopic (exact) mass is 335 g/mol. The second kappa shape index (κ2) is 6.58. The Kier molecular flexibility index (Phi) is 4.55. The molecule has 0 N–H and O–H groups in total. The number of aromatic nitrogens is 5. The quantitative estimate of drug-likeness (QED) is 0.663. The van der Waals surface area contributed by atoms with Crippen LogP contribution in [0.2, 0.25) is 10.2 Å². The molecule has 0 aliphatic rings. The van der Waals surface area contributed by atoms with Crippen LogP contribution >= 0.6 is 23.2 Å². The van der Waals surface area contributed by atoms with Gasteiger partial charge in [0.05, 0.1) is 23.6 Å². The van der Waals surface area contributed by atoms with E-state index in [4.69, 9.17) is 23.2 Å². The van der Waals surface area contributed by atoms with Gasteiger partial charge in [-0.3, -0.25) is 4.98 Å². The van der Waals surface area contributed by atoms with E-state index in [1.54, 1.807) is 18.6 Å². The summed E-state index contributed by atoms with van der Waals surface area (Å²) >= 11 is 12.4. The van der Waals surface area contributed by atoms with Crippen molar-refractivity contribution in [3.8, 4) is 0 Å². The van der Waals surface area contributed by atoms with Gasteiger partial charge in [0.25, 0.3) is 0 Å². The predicted molar refractivity (Wildman–Crippen MR) is 87.3 cm³/mol. The molecule has 0 unspecified atom stereocenters. The van der Waals surface area contributed by atoms with E-state index in [1.807, 2.05) is 10.6 Å². The Morgan fingerprint density at radius 3 is 2.82 bits per heavy atom. The molecule has 0 amide bonds. The molecule has 0 fully saturated rings. The van der Waals surface area contributed by atoms with Gasteiger partial charge in [-0.15, -0.1) is 0 Å². The molecule has 0 atom stereocenters. The van der Waals surface area contributed by atoms with E-state index in [9.17, 15) is 0 Å². The zero-order valence-electron chi connectivity index (χ0n) is 12.1. The van der Waals surface area contributed by atoms with Crippen LogP contribution in [0.5, 0.6) is 0 Å². The normalized spacial score (nSPS) is 11.2. The first-order valence-electron chi connectivity index (χ1n) is 7.15. The van der Waals surface area contributed by atoms with Crippen molar-refractivity contribution in [3.63, 3.8) is 0 Å². The number of pyridine rings is 1. The Labute approximate surface area is 138 Å². The van der Waals surface area contributed by atoms with Gasteiger partial charge in [0.2, 0.25) is 0 Å². The zero-order chi connectivity index (χ0) is 15.5. The Hall–Kier alpha value is -1.72. The molecule has 0 spiro atoms. The minimum atomic E-state index is 0.391. The molecule has 3 heterocycles. The highest BCUT2D eigenvalue weighted by molar-refractivity contribution is 6.33. The van der Waals surface area contributed by atoms with Crippen LogP contribution in [0.15, 0.2) is 24.7 Å². The van der Waals surface area contributed by atoms with Crippen LogP contribution in [0.25, 0.3) is 11.2 Å². The van der Waals surface area contributed by atoms with Crippen LogP contribution in [0.4, 0.5) is 0 Å². The average molecular weight is 336 g/mol. The van der Waals surface area contributed by atoms with E-state index in [0.29, 0.717) is 27.9 Å². The lowest BCUT2D eigenvalue weighted by molar-refractivity contribution is 0.745. The molecule has 0 bridgehead atoms. The van der Waals surface area contributed by atoms with Gasteiger partial charge >= 0.3 is 0 Å². The van der Waals surface area contributed by atoms with Crippen molar-refractivity contribution in [2.75, 3.05) is 0 Å².